The maximum Gasteiger partial charge on any atom is 0.332 e. The molecule has 0 saturated heterocycles. The lowest BCUT2D eigenvalue weighted by atomic mass is 10.3. The van der Waals surface area contributed by atoms with Gasteiger partial charge in [0, 0.05) is 28.2 Å². The SMILES string of the molecule is CN(C)c1nc2c(nc1C=O)c(=O)n(C)c(=O)n2C. The Morgan fingerprint density at radius 3 is 2.26 bits per heavy atom. The Balaban J connectivity index is 3.06. The summed E-state index contributed by atoms with van der Waals surface area (Å²) in [6.45, 7) is 0. The highest BCUT2D eigenvalue weighted by Gasteiger charge is 2.16. The number of hydrogen-bond acceptors (Lipinski definition) is 6. The Bertz CT molecular complexity index is 787. The number of rotatable bonds is 2. The van der Waals surface area contributed by atoms with Crippen molar-refractivity contribution in [2.75, 3.05) is 19.0 Å². The van der Waals surface area contributed by atoms with Crippen LogP contribution < -0.4 is 16.1 Å². The smallest absolute Gasteiger partial charge is 0.332 e. The minimum atomic E-state index is -0.570. The summed E-state index contributed by atoms with van der Waals surface area (Å²) >= 11 is 0. The first kappa shape index (κ1) is 12.9. The molecular weight excluding hydrogens is 250 g/mol. The molecule has 0 aliphatic heterocycles. The van der Waals surface area contributed by atoms with Gasteiger partial charge < -0.3 is 4.90 Å². The molecule has 2 rings (SSSR count). The number of aryl methyl sites for hydroxylation is 1. The van der Waals surface area contributed by atoms with Crippen molar-refractivity contribution in [3.63, 3.8) is 0 Å². The zero-order chi connectivity index (χ0) is 14.3. The van der Waals surface area contributed by atoms with Crippen molar-refractivity contribution < 1.29 is 4.79 Å². The van der Waals surface area contributed by atoms with Gasteiger partial charge in [-0.25, -0.2) is 14.8 Å². The van der Waals surface area contributed by atoms with Crippen LogP contribution in [-0.4, -0.2) is 39.5 Å². The van der Waals surface area contributed by atoms with E-state index in [-0.39, 0.29) is 16.9 Å². The molecule has 8 heteroatoms. The van der Waals surface area contributed by atoms with Crippen LogP contribution in [-0.2, 0) is 14.1 Å². The second kappa shape index (κ2) is 4.30. The molecule has 8 nitrogen and oxygen atoms in total. The van der Waals surface area contributed by atoms with Crippen LogP contribution in [0.3, 0.4) is 0 Å². The number of carbonyl (C=O) groups is 1. The first-order valence-corrected chi connectivity index (χ1v) is 5.48. The van der Waals surface area contributed by atoms with E-state index in [1.807, 2.05) is 0 Å². The molecule has 2 heterocycles. The number of aldehydes is 1. The maximum absolute atomic E-state index is 12.0. The molecule has 0 atom stereocenters. The van der Waals surface area contributed by atoms with Gasteiger partial charge in [-0.2, -0.15) is 0 Å². The van der Waals surface area contributed by atoms with E-state index in [4.69, 9.17) is 0 Å². The van der Waals surface area contributed by atoms with E-state index in [1.165, 1.54) is 18.7 Å². The van der Waals surface area contributed by atoms with Crippen molar-refractivity contribution in [3.8, 4) is 0 Å². The molecule has 0 aromatic carbocycles. The van der Waals surface area contributed by atoms with Crippen LogP contribution in [0.25, 0.3) is 11.2 Å². The van der Waals surface area contributed by atoms with Crippen molar-refractivity contribution in [1.82, 2.24) is 19.1 Å². The lowest BCUT2D eigenvalue weighted by Crippen LogP contribution is -2.38. The Kier molecular flexibility index (Phi) is 2.93. The van der Waals surface area contributed by atoms with Gasteiger partial charge in [0.05, 0.1) is 0 Å². The van der Waals surface area contributed by atoms with Gasteiger partial charge in [-0.15, -0.1) is 0 Å². The van der Waals surface area contributed by atoms with Gasteiger partial charge in [0.2, 0.25) is 0 Å². The molecule has 0 fully saturated rings. The molecule has 0 N–H and O–H groups in total. The van der Waals surface area contributed by atoms with E-state index in [9.17, 15) is 14.4 Å². The Morgan fingerprint density at radius 2 is 1.74 bits per heavy atom. The average Bonchev–Trinajstić information content (AvgIpc) is 2.41. The summed E-state index contributed by atoms with van der Waals surface area (Å²) in [5.74, 6) is 0.311. The van der Waals surface area contributed by atoms with Crippen LogP contribution in [0.1, 0.15) is 10.5 Å². The van der Waals surface area contributed by atoms with Gasteiger partial charge in [-0.05, 0) is 0 Å². The Morgan fingerprint density at radius 1 is 1.11 bits per heavy atom. The van der Waals surface area contributed by atoms with Gasteiger partial charge in [0.15, 0.2) is 23.3 Å². The Labute approximate surface area is 107 Å². The fourth-order valence-corrected chi connectivity index (χ4v) is 1.78. The van der Waals surface area contributed by atoms with Crippen molar-refractivity contribution in [3.05, 3.63) is 26.5 Å². The van der Waals surface area contributed by atoms with Crippen LogP contribution in [0, 0.1) is 0 Å². The molecule has 0 saturated carbocycles. The second-order valence-electron chi connectivity index (χ2n) is 4.32. The van der Waals surface area contributed by atoms with Gasteiger partial charge >= 0.3 is 5.69 Å². The summed E-state index contributed by atoms with van der Waals surface area (Å²) in [5, 5.41) is 0. The first-order valence-electron chi connectivity index (χ1n) is 5.48. The number of carbonyl (C=O) groups excluding carboxylic acids is 1. The lowest BCUT2D eigenvalue weighted by molar-refractivity contribution is 0.111. The number of nitrogens with zero attached hydrogens (tertiary/aromatic N) is 5. The van der Waals surface area contributed by atoms with E-state index in [0.29, 0.717) is 12.1 Å². The highest BCUT2D eigenvalue weighted by atomic mass is 16.2. The molecule has 2 aromatic heterocycles. The lowest BCUT2D eigenvalue weighted by Gasteiger charge is -2.14. The third-order valence-corrected chi connectivity index (χ3v) is 2.82. The molecular formula is C11H13N5O3. The largest absolute Gasteiger partial charge is 0.361 e. The molecule has 100 valence electrons. The van der Waals surface area contributed by atoms with Crippen molar-refractivity contribution in [1.29, 1.82) is 0 Å². The molecule has 19 heavy (non-hydrogen) atoms. The van der Waals surface area contributed by atoms with E-state index in [0.717, 1.165) is 4.57 Å². The van der Waals surface area contributed by atoms with E-state index < -0.39 is 11.2 Å². The number of aromatic nitrogens is 4. The monoisotopic (exact) mass is 263 g/mol. The van der Waals surface area contributed by atoms with E-state index >= 15 is 0 Å². The average molecular weight is 263 g/mol. The van der Waals surface area contributed by atoms with Gasteiger partial charge in [-0.3, -0.25) is 18.7 Å². The molecule has 0 aliphatic carbocycles. The fraction of sp³-hybridized carbons (Fsp3) is 0.364. The van der Waals surface area contributed by atoms with Crippen LogP contribution in [0.4, 0.5) is 5.82 Å². The number of anilines is 1. The summed E-state index contributed by atoms with van der Waals surface area (Å²) in [5.41, 5.74) is -0.845. The second-order valence-corrected chi connectivity index (χ2v) is 4.32. The zero-order valence-electron chi connectivity index (χ0n) is 11.0. The normalized spacial score (nSPS) is 10.7. The van der Waals surface area contributed by atoms with Crippen LogP contribution in [0.2, 0.25) is 0 Å². The van der Waals surface area contributed by atoms with Crippen molar-refractivity contribution >= 4 is 23.3 Å². The van der Waals surface area contributed by atoms with Gasteiger partial charge in [0.25, 0.3) is 5.56 Å². The van der Waals surface area contributed by atoms with Gasteiger partial charge in [-0.1, -0.05) is 0 Å². The van der Waals surface area contributed by atoms with Crippen molar-refractivity contribution in [2.24, 2.45) is 14.1 Å². The molecule has 0 bridgehead atoms. The molecule has 2 aromatic rings. The summed E-state index contributed by atoms with van der Waals surface area (Å²) in [6.07, 6.45) is 0.534. The summed E-state index contributed by atoms with van der Waals surface area (Å²) in [4.78, 5) is 44.6. The highest BCUT2D eigenvalue weighted by molar-refractivity contribution is 5.84. The summed E-state index contributed by atoms with van der Waals surface area (Å²) in [6, 6.07) is 0. The molecule has 0 unspecified atom stereocenters. The highest BCUT2D eigenvalue weighted by Crippen LogP contribution is 2.14. The predicted molar refractivity (Wildman–Crippen MR) is 69.7 cm³/mol. The zero-order valence-corrected chi connectivity index (χ0v) is 11.0. The standard InChI is InChI=1S/C11H13N5O3/c1-14(2)8-6(5-17)12-7-9(13-8)15(3)11(19)16(4)10(7)18/h5H,1-4H3. The van der Waals surface area contributed by atoms with Gasteiger partial charge in [0.1, 0.15) is 5.69 Å². The molecule has 0 spiro atoms. The molecule has 0 radical (unpaired) electrons. The van der Waals surface area contributed by atoms with Crippen LogP contribution >= 0.6 is 0 Å². The van der Waals surface area contributed by atoms with Crippen LogP contribution in [0.5, 0.6) is 0 Å². The maximum atomic E-state index is 12.0. The third-order valence-electron chi connectivity index (χ3n) is 2.82. The van der Waals surface area contributed by atoms with E-state index in [2.05, 4.69) is 9.97 Å². The molecule has 0 aliphatic rings. The fourth-order valence-electron chi connectivity index (χ4n) is 1.78. The minimum absolute atomic E-state index is 0.00250. The van der Waals surface area contributed by atoms with E-state index in [1.54, 1.807) is 19.0 Å². The summed E-state index contributed by atoms with van der Waals surface area (Å²) < 4.78 is 2.16. The third kappa shape index (κ3) is 1.81. The first-order chi connectivity index (χ1) is 8.88. The van der Waals surface area contributed by atoms with Crippen LogP contribution in [0.15, 0.2) is 9.59 Å². The summed E-state index contributed by atoms with van der Waals surface area (Å²) in [7, 11) is 6.25. The number of fused-ring (bicyclic) bond motifs is 1. The van der Waals surface area contributed by atoms with Crippen molar-refractivity contribution in [2.45, 2.75) is 0 Å². The Hall–Kier alpha value is -2.51. The molecule has 0 amide bonds. The topological polar surface area (TPSA) is 90.1 Å². The number of hydrogen-bond donors (Lipinski definition) is 0. The predicted octanol–water partition coefficient (Wildman–Crippen LogP) is -1.09. The minimum Gasteiger partial charge on any atom is -0.361 e. The quantitative estimate of drug-likeness (QED) is 0.639.